The molecule has 0 spiro atoms. The van der Waals surface area contributed by atoms with Crippen molar-refractivity contribution < 1.29 is 27.1 Å². The highest BCUT2D eigenvalue weighted by molar-refractivity contribution is 7.85. The number of amides is 1. The van der Waals surface area contributed by atoms with Crippen LogP contribution in [0.5, 0.6) is 5.75 Å². The average Bonchev–Trinajstić information content (AvgIpc) is 3.44. The largest absolute Gasteiger partial charge is 0.489 e. The van der Waals surface area contributed by atoms with Crippen molar-refractivity contribution in [3.63, 3.8) is 0 Å². The van der Waals surface area contributed by atoms with Gasteiger partial charge in [-0.25, -0.2) is 4.98 Å². The second-order valence-electron chi connectivity index (χ2n) is 9.55. The van der Waals surface area contributed by atoms with E-state index in [1.165, 1.54) is 16.8 Å². The van der Waals surface area contributed by atoms with E-state index in [-0.39, 0.29) is 22.6 Å². The maximum atomic E-state index is 11.9. The lowest BCUT2D eigenvalue weighted by Gasteiger charge is -2.26. The number of aliphatic imine (C=N–C) groups is 2. The van der Waals surface area contributed by atoms with Gasteiger partial charge in [0.25, 0.3) is 5.84 Å². The van der Waals surface area contributed by atoms with E-state index in [1.807, 2.05) is 36.4 Å². The van der Waals surface area contributed by atoms with E-state index in [1.54, 1.807) is 43.9 Å². The zero-order chi connectivity index (χ0) is 28.9. The molecule has 0 saturated heterocycles. The van der Waals surface area contributed by atoms with Crippen LogP contribution >= 0.6 is 0 Å². The Morgan fingerprint density at radius 1 is 1.20 bits per heavy atom. The van der Waals surface area contributed by atoms with Crippen LogP contribution in [0, 0.1) is 0 Å². The van der Waals surface area contributed by atoms with Gasteiger partial charge in [-0.15, -0.1) is 4.59 Å². The van der Waals surface area contributed by atoms with Crippen LogP contribution in [0.2, 0.25) is 0 Å². The highest BCUT2D eigenvalue weighted by Crippen LogP contribution is 2.37. The van der Waals surface area contributed by atoms with Crippen molar-refractivity contribution in [1.82, 2.24) is 9.55 Å². The summed E-state index contributed by atoms with van der Waals surface area (Å²) in [5.74, 6) is 7.50. The SMILES string of the molecule is Cn1cc(S(=O)(=O)O)nc1-c1ccc(C(N)=O)cc1COc1cccc(C2=NC(C3=CC=C3)=C3C=NC=C[N+]23N)c1. The molecule has 12 nitrogen and oxygen atoms in total. The van der Waals surface area contributed by atoms with E-state index in [4.69, 9.17) is 21.3 Å². The predicted octanol–water partition coefficient (Wildman–Crippen LogP) is 2.73. The van der Waals surface area contributed by atoms with Crippen molar-refractivity contribution in [1.29, 1.82) is 0 Å². The molecular formula is C28H24N7O5S+. The second-order valence-corrected chi connectivity index (χ2v) is 10.9. The number of allylic oxidation sites excluding steroid dienone is 4. The fourth-order valence-electron chi connectivity index (χ4n) is 4.73. The highest BCUT2D eigenvalue weighted by Gasteiger charge is 2.44. The summed E-state index contributed by atoms with van der Waals surface area (Å²) in [5, 5.41) is -0.498. The number of nitrogens with two attached hydrogens (primary N) is 2. The van der Waals surface area contributed by atoms with Crippen LogP contribution in [-0.2, 0) is 23.8 Å². The molecule has 1 amide bonds. The summed E-state index contributed by atoms with van der Waals surface area (Å²) >= 11 is 0. The number of hydrogen-bond donors (Lipinski definition) is 3. The number of quaternary nitrogens is 1. The number of fused-ring (bicyclic) bond motifs is 1. The van der Waals surface area contributed by atoms with Gasteiger partial charge in [0.1, 0.15) is 30.1 Å². The minimum atomic E-state index is -4.52. The molecule has 1 aromatic heterocycles. The first kappa shape index (κ1) is 26.3. The number of carbonyl (C=O) groups is 1. The molecule has 3 aliphatic rings. The molecule has 0 radical (unpaired) electrons. The number of aryl methyl sites for hydroxylation is 1. The smallest absolute Gasteiger partial charge is 0.313 e. The number of hydrogen-bond acceptors (Lipinski definition) is 8. The quantitative estimate of drug-likeness (QED) is 0.212. The lowest BCUT2D eigenvalue weighted by Crippen LogP contribution is -2.53. The molecule has 5 N–H and O–H groups in total. The topological polar surface area (TPSA) is 175 Å². The minimum Gasteiger partial charge on any atom is -0.489 e. The Morgan fingerprint density at radius 2 is 2.00 bits per heavy atom. The lowest BCUT2D eigenvalue weighted by atomic mass is 10.0. The molecule has 41 heavy (non-hydrogen) atoms. The van der Waals surface area contributed by atoms with Crippen LogP contribution < -0.4 is 16.3 Å². The predicted molar refractivity (Wildman–Crippen MR) is 151 cm³/mol. The number of nitrogens with zero attached hydrogens (tertiary/aromatic N) is 5. The Bertz CT molecular complexity index is 1930. The molecule has 206 valence electrons. The molecule has 3 aromatic rings. The zero-order valence-corrected chi connectivity index (χ0v) is 22.5. The van der Waals surface area contributed by atoms with E-state index in [0.29, 0.717) is 22.7 Å². The van der Waals surface area contributed by atoms with Gasteiger partial charge in [-0.2, -0.15) is 19.3 Å². The first-order valence-electron chi connectivity index (χ1n) is 12.3. The highest BCUT2D eigenvalue weighted by atomic mass is 32.2. The molecular weight excluding hydrogens is 546 g/mol. The standard InChI is InChI=1S/C28H23N7O5S/c1-34-15-24(41(37,38)39)32-27(34)22-9-8-18(26(29)36)12-20(22)16-40-21-7-3-6-19(13-21)28-33-25(17-4-2-5-17)23-14-31-10-11-35(23,28)30/h2-15H,16,30H2,1H3,(H2-,29,36,37,38,39)/p+1. The number of carbonyl (C=O) groups excluding carboxylic acids is 1. The monoisotopic (exact) mass is 570 g/mol. The van der Waals surface area contributed by atoms with Gasteiger partial charge in [0.2, 0.25) is 16.6 Å². The van der Waals surface area contributed by atoms with Gasteiger partial charge in [-0.05, 0) is 30.3 Å². The summed E-state index contributed by atoms with van der Waals surface area (Å²) in [6.45, 7) is -0.0118. The molecule has 6 rings (SSSR count). The molecule has 2 aromatic carbocycles. The summed E-state index contributed by atoms with van der Waals surface area (Å²) in [5.41, 5.74) is 9.95. The van der Waals surface area contributed by atoms with Crippen molar-refractivity contribution in [3.8, 4) is 17.1 Å². The molecule has 1 atom stereocenters. The number of benzene rings is 2. The van der Waals surface area contributed by atoms with E-state index >= 15 is 0 Å². The van der Waals surface area contributed by atoms with E-state index < -0.39 is 21.1 Å². The Balaban J connectivity index is 1.32. The summed E-state index contributed by atoms with van der Waals surface area (Å²) in [4.78, 5) is 25.1. The maximum absolute atomic E-state index is 11.9. The summed E-state index contributed by atoms with van der Waals surface area (Å²) in [6.07, 6.45) is 12.1. The van der Waals surface area contributed by atoms with E-state index in [0.717, 1.165) is 22.5 Å². The first-order valence-corrected chi connectivity index (χ1v) is 13.8. The van der Waals surface area contributed by atoms with Crippen LogP contribution in [0.4, 0.5) is 0 Å². The third-order valence-electron chi connectivity index (χ3n) is 6.85. The van der Waals surface area contributed by atoms with Gasteiger partial charge in [-0.1, -0.05) is 30.4 Å². The van der Waals surface area contributed by atoms with Crippen molar-refractivity contribution in [3.05, 3.63) is 113 Å². The number of rotatable bonds is 8. The van der Waals surface area contributed by atoms with Gasteiger partial charge in [0.15, 0.2) is 0 Å². The average molecular weight is 571 g/mol. The third kappa shape index (κ3) is 4.62. The van der Waals surface area contributed by atoms with Crippen molar-refractivity contribution in [2.45, 2.75) is 11.6 Å². The van der Waals surface area contributed by atoms with Crippen LogP contribution in [0.3, 0.4) is 0 Å². The Kier molecular flexibility index (Phi) is 6.16. The normalized spacial score (nSPS) is 19.1. The lowest BCUT2D eigenvalue weighted by molar-refractivity contribution is -0.750. The number of ether oxygens (including phenoxy) is 1. The fraction of sp³-hybridized carbons (Fsp3) is 0.0714. The van der Waals surface area contributed by atoms with Gasteiger partial charge >= 0.3 is 10.1 Å². The molecule has 1 unspecified atom stereocenters. The number of aromatic nitrogens is 2. The van der Waals surface area contributed by atoms with Crippen molar-refractivity contribution in [2.75, 3.05) is 0 Å². The number of imidazole rings is 1. The van der Waals surface area contributed by atoms with Crippen molar-refractivity contribution in [2.24, 2.45) is 28.6 Å². The van der Waals surface area contributed by atoms with Crippen LogP contribution in [0.1, 0.15) is 21.5 Å². The zero-order valence-electron chi connectivity index (χ0n) is 21.7. The maximum Gasteiger partial charge on any atom is 0.313 e. The van der Waals surface area contributed by atoms with Gasteiger partial charge in [0.05, 0.1) is 18.0 Å². The first-order chi connectivity index (χ1) is 19.5. The van der Waals surface area contributed by atoms with Gasteiger partial charge in [-0.3, -0.25) is 14.3 Å². The molecule has 3 heterocycles. The van der Waals surface area contributed by atoms with Crippen LogP contribution in [0.15, 0.2) is 111 Å². The fourth-order valence-corrected chi connectivity index (χ4v) is 5.22. The Morgan fingerprint density at radius 3 is 2.68 bits per heavy atom. The Hall–Kier alpha value is -4.95. The molecule has 1 aliphatic carbocycles. The molecule has 13 heteroatoms. The van der Waals surface area contributed by atoms with Gasteiger partial charge in [0, 0.05) is 35.5 Å². The van der Waals surface area contributed by atoms with Gasteiger partial charge < -0.3 is 15.0 Å². The summed E-state index contributed by atoms with van der Waals surface area (Å²) in [7, 11) is -2.93. The second kappa shape index (κ2) is 9.60. The van der Waals surface area contributed by atoms with Crippen LogP contribution in [0.25, 0.3) is 11.4 Å². The van der Waals surface area contributed by atoms with Crippen molar-refractivity contribution >= 4 is 28.1 Å². The molecule has 0 fully saturated rings. The van der Waals surface area contributed by atoms with E-state index in [2.05, 4.69) is 9.98 Å². The molecule has 0 bridgehead atoms. The minimum absolute atomic E-state index is 0.0118. The Labute approximate surface area is 234 Å². The molecule has 0 saturated carbocycles. The summed E-state index contributed by atoms with van der Waals surface area (Å²) < 4.78 is 40.2. The van der Waals surface area contributed by atoms with Crippen LogP contribution in [-0.4, -0.2) is 45.1 Å². The number of primary amides is 1. The van der Waals surface area contributed by atoms with E-state index in [9.17, 15) is 17.8 Å². The summed E-state index contributed by atoms with van der Waals surface area (Å²) in [6, 6.07) is 12.0. The number of amidine groups is 1. The molecule has 2 aliphatic heterocycles. The third-order valence-corrected chi connectivity index (χ3v) is 7.58.